The molecule has 7 heteroatoms. The number of carbonyl (C=O) groups excluding carboxylic acids is 1. The van der Waals surface area contributed by atoms with Gasteiger partial charge in [0.1, 0.15) is 5.82 Å². The van der Waals surface area contributed by atoms with Gasteiger partial charge in [-0.05, 0) is 40.4 Å². The zero-order valence-corrected chi connectivity index (χ0v) is 13.6. The molecule has 5 nitrogen and oxygen atoms in total. The molecule has 106 valence electrons. The highest BCUT2D eigenvalue weighted by atomic mass is 79.9. The van der Waals surface area contributed by atoms with Gasteiger partial charge in [0, 0.05) is 25.2 Å². The summed E-state index contributed by atoms with van der Waals surface area (Å²) >= 11 is 9.26. The van der Waals surface area contributed by atoms with Crippen LogP contribution in [0, 0.1) is 5.92 Å². The minimum atomic E-state index is -0.336. The fourth-order valence-electron chi connectivity index (χ4n) is 1.81. The predicted octanol–water partition coefficient (Wildman–Crippen LogP) is 2.62. The maximum atomic E-state index is 11.1. The van der Waals surface area contributed by atoms with Crippen LogP contribution in [0.4, 0.5) is 5.82 Å². The molecule has 0 aliphatic carbocycles. The number of rotatable bonds is 6. The Morgan fingerprint density at radius 2 is 2.16 bits per heavy atom. The molecule has 19 heavy (non-hydrogen) atoms. The number of hydrogen-bond donors (Lipinski definition) is 1. The largest absolute Gasteiger partial charge is 0.370 e. The van der Waals surface area contributed by atoms with E-state index in [2.05, 4.69) is 39.7 Å². The minimum absolute atomic E-state index is 0.0535. The van der Waals surface area contributed by atoms with Gasteiger partial charge in [0.05, 0.1) is 4.47 Å². The number of hydrogen-bond acceptors (Lipinski definition) is 4. The fourth-order valence-corrected chi connectivity index (χ4v) is 2.36. The van der Waals surface area contributed by atoms with E-state index in [1.807, 2.05) is 11.8 Å². The molecule has 0 radical (unpaired) electrons. The van der Waals surface area contributed by atoms with Gasteiger partial charge in [0.2, 0.25) is 11.2 Å². The van der Waals surface area contributed by atoms with Gasteiger partial charge in [-0.15, -0.1) is 0 Å². The molecule has 0 aromatic carbocycles. The molecule has 1 unspecified atom stereocenters. The van der Waals surface area contributed by atoms with E-state index in [1.54, 1.807) is 6.20 Å². The van der Waals surface area contributed by atoms with Crippen LogP contribution in [0.3, 0.4) is 0 Å². The number of halogens is 2. The highest BCUT2D eigenvalue weighted by molar-refractivity contribution is 9.10. The van der Waals surface area contributed by atoms with Crippen LogP contribution in [-0.4, -0.2) is 28.5 Å². The summed E-state index contributed by atoms with van der Waals surface area (Å²) in [5.41, 5.74) is 5.27. The van der Waals surface area contributed by atoms with E-state index in [1.165, 1.54) is 0 Å². The number of carbonyl (C=O) groups is 1. The average molecular weight is 350 g/mol. The second-order valence-corrected chi connectivity index (χ2v) is 6.07. The van der Waals surface area contributed by atoms with Gasteiger partial charge >= 0.3 is 0 Å². The van der Waals surface area contributed by atoms with Gasteiger partial charge in [-0.1, -0.05) is 13.8 Å². The Morgan fingerprint density at radius 3 is 2.68 bits per heavy atom. The molecule has 1 atom stereocenters. The summed E-state index contributed by atoms with van der Waals surface area (Å²) in [6.45, 7) is 6.89. The van der Waals surface area contributed by atoms with Crippen LogP contribution in [0.5, 0.6) is 0 Å². The second-order valence-electron chi connectivity index (χ2n) is 4.88. The minimum Gasteiger partial charge on any atom is -0.370 e. The molecule has 0 spiro atoms. The number of primary amides is 1. The molecule has 1 aromatic rings. The molecule has 0 aliphatic rings. The summed E-state index contributed by atoms with van der Waals surface area (Å²) < 4.78 is 0.744. The van der Waals surface area contributed by atoms with Crippen molar-refractivity contribution in [2.75, 3.05) is 11.4 Å². The Morgan fingerprint density at radius 1 is 1.53 bits per heavy atom. The van der Waals surface area contributed by atoms with Crippen molar-refractivity contribution in [3.05, 3.63) is 16.0 Å². The van der Waals surface area contributed by atoms with E-state index in [0.717, 1.165) is 11.0 Å². The summed E-state index contributed by atoms with van der Waals surface area (Å²) in [4.78, 5) is 21.3. The van der Waals surface area contributed by atoms with Crippen molar-refractivity contribution in [1.82, 2.24) is 9.97 Å². The molecule has 2 N–H and O–H groups in total. The third kappa shape index (κ3) is 4.95. The van der Waals surface area contributed by atoms with E-state index in [0.29, 0.717) is 11.7 Å². The molecule has 0 saturated carbocycles. The lowest BCUT2D eigenvalue weighted by molar-refractivity contribution is -0.118. The Labute approximate surface area is 126 Å². The Kier molecular flexibility index (Phi) is 6.00. The lowest BCUT2D eigenvalue weighted by Crippen LogP contribution is -2.39. The Hall–Kier alpha value is -0.880. The summed E-state index contributed by atoms with van der Waals surface area (Å²) in [5, 5.41) is 0.179. The second kappa shape index (κ2) is 7.05. The van der Waals surface area contributed by atoms with Crippen molar-refractivity contribution in [2.24, 2.45) is 11.7 Å². The van der Waals surface area contributed by atoms with Gasteiger partial charge in [0.25, 0.3) is 0 Å². The summed E-state index contributed by atoms with van der Waals surface area (Å²) in [7, 11) is 0. The predicted molar refractivity (Wildman–Crippen MR) is 80.2 cm³/mol. The first-order valence-electron chi connectivity index (χ1n) is 6.04. The molecule has 1 rings (SSSR count). The third-order valence-electron chi connectivity index (χ3n) is 2.56. The first kappa shape index (κ1) is 16.2. The van der Waals surface area contributed by atoms with E-state index < -0.39 is 0 Å². The lowest BCUT2D eigenvalue weighted by atomic mass is 10.1. The fraction of sp³-hybridized carbons (Fsp3) is 0.583. The van der Waals surface area contributed by atoms with Crippen LogP contribution >= 0.6 is 27.5 Å². The van der Waals surface area contributed by atoms with E-state index in [-0.39, 0.29) is 23.7 Å². The molecule has 0 aliphatic heterocycles. The van der Waals surface area contributed by atoms with Gasteiger partial charge in [-0.3, -0.25) is 4.79 Å². The van der Waals surface area contributed by atoms with Crippen molar-refractivity contribution in [1.29, 1.82) is 0 Å². The maximum absolute atomic E-state index is 11.1. The van der Waals surface area contributed by atoms with Crippen LogP contribution in [0.25, 0.3) is 0 Å². The molecule has 0 fully saturated rings. The smallest absolute Gasteiger partial charge is 0.224 e. The van der Waals surface area contributed by atoms with Crippen LogP contribution in [-0.2, 0) is 4.79 Å². The van der Waals surface area contributed by atoms with Crippen molar-refractivity contribution >= 4 is 39.3 Å². The normalized spacial score (nSPS) is 12.5. The first-order chi connectivity index (χ1) is 8.81. The van der Waals surface area contributed by atoms with Crippen molar-refractivity contribution in [3.8, 4) is 0 Å². The van der Waals surface area contributed by atoms with Crippen molar-refractivity contribution < 1.29 is 4.79 Å². The van der Waals surface area contributed by atoms with Crippen LogP contribution in [0.15, 0.2) is 10.7 Å². The monoisotopic (exact) mass is 348 g/mol. The van der Waals surface area contributed by atoms with Crippen LogP contribution in [0.1, 0.15) is 27.2 Å². The molecule has 1 amide bonds. The molecule has 0 saturated heterocycles. The maximum Gasteiger partial charge on any atom is 0.224 e. The quantitative estimate of drug-likeness (QED) is 0.801. The van der Waals surface area contributed by atoms with E-state index >= 15 is 0 Å². The van der Waals surface area contributed by atoms with Crippen molar-refractivity contribution in [3.63, 3.8) is 0 Å². The average Bonchev–Trinajstić information content (AvgIpc) is 2.28. The zero-order valence-electron chi connectivity index (χ0n) is 11.2. The zero-order chi connectivity index (χ0) is 14.6. The van der Waals surface area contributed by atoms with Gasteiger partial charge in [-0.25, -0.2) is 4.98 Å². The lowest BCUT2D eigenvalue weighted by Gasteiger charge is -2.31. The van der Waals surface area contributed by atoms with Gasteiger partial charge < -0.3 is 10.6 Å². The molecular weight excluding hydrogens is 332 g/mol. The number of anilines is 1. The van der Waals surface area contributed by atoms with Crippen LogP contribution in [0.2, 0.25) is 5.28 Å². The molecule has 1 aromatic heterocycles. The SMILES string of the molecule is CC(C)CN(c1nc(Cl)ncc1Br)C(C)CC(N)=O. The van der Waals surface area contributed by atoms with Gasteiger partial charge in [0.15, 0.2) is 0 Å². The van der Waals surface area contributed by atoms with Crippen molar-refractivity contribution in [2.45, 2.75) is 33.2 Å². The highest BCUT2D eigenvalue weighted by Gasteiger charge is 2.21. The summed E-state index contributed by atoms with van der Waals surface area (Å²) in [6.07, 6.45) is 1.87. The molecule has 1 heterocycles. The molecule has 0 bridgehead atoms. The Bertz CT molecular complexity index is 455. The van der Waals surface area contributed by atoms with E-state index in [4.69, 9.17) is 17.3 Å². The first-order valence-corrected chi connectivity index (χ1v) is 7.21. The Balaban J connectivity index is 3.08. The third-order valence-corrected chi connectivity index (χ3v) is 3.30. The van der Waals surface area contributed by atoms with E-state index in [9.17, 15) is 4.79 Å². The number of nitrogens with two attached hydrogens (primary N) is 1. The van der Waals surface area contributed by atoms with Gasteiger partial charge in [-0.2, -0.15) is 4.98 Å². The standard InChI is InChI=1S/C12H18BrClN4O/c1-7(2)6-18(8(3)4-10(15)19)11-9(13)5-16-12(14)17-11/h5,7-8H,4,6H2,1-3H3,(H2,15,19). The number of nitrogens with zero attached hydrogens (tertiary/aromatic N) is 3. The number of aromatic nitrogens is 2. The number of amides is 1. The topological polar surface area (TPSA) is 72.1 Å². The molecular formula is C12H18BrClN4O. The summed E-state index contributed by atoms with van der Waals surface area (Å²) in [6, 6.07) is -0.0535. The highest BCUT2D eigenvalue weighted by Crippen LogP contribution is 2.27. The summed E-state index contributed by atoms with van der Waals surface area (Å²) in [5.74, 6) is 0.760. The van der Waals surface area contributed by atoms with Crippen LogP contribution < -0.4 is 10.6 Å².